The number of aromatic nitrogens is 2. The van der Waals surface area contributed by atoms with Gasteiger partial charge in [-0.25, -0.2) is 4.98 Å². The van der Waals surface area contributed by atoms with Crippen LogP contribution >= 0.6 is 12.6 Å². The summed E-state index contributed by atoms with van der Waals surface area (Å²) in [5.74, 6) is -1.02. The van der Waals surface area contributed by atoms with Crippen molar-refractivity contribution in [3.8, 4) is 0 Å². The summed E-state index contributed by atoms with van der Waals surface area (Å²) in [4.78, 5) is 14.4. The van der Waals surface area contributed by atoms with Crippen molar-refractivity contribution in [1.29, 1.82) is 0 Å². The molecular formula is C7H11N3O2S. The molecule has 0 saturated heterocycles. The highest BCUT2D eigenvalue weighted by atomic mass is 32.1. The first kappa shape index (κ1) is 10.1. The molecule has 3 N–H and O–H groups in total. The number of nitrogens with two attached hydrogens (primary N) is 1. The molecule has 0 unspecified atom stereocenters. The fraction of sp³-hybridized carbons (Fsp3) is 0.429. The van der Waals surface area contributed by atoms with E-state index in [4.69, 9.17) is 10.8 Å². The molecule has 13 heavy (non-hydrogen) atoms. The zero-order valence-corrected chi connectivity index (χ0v) is 8.03. The first-order valence-corrected chi connectivity index (χ1v) is 4.14. The van der Waals surface area contributed by atoms with E-state index in [1.807, 2.05) is 0 Å². The molecule has 0 fully saturated rings. The van der Waals surface area contributed by atoms with Gasteiger partial charge in [-0.3, -0.25) is 4.79 Å². The Morgan fingerprint density at radius 3 is 2.92 bits per heavy atom. The van der Waals surface area contributed by atoms with Crippen LogP contribution in [-0.4, -0.2) is 26.7 Å². The highest BCUT2D eigenvalue weighted by Gasteiger charge is 2.16. The second-order valence-corrected chi connectivity index (χ2v) is 3.20. The molecule has 0 aliphatic rings. The van der Waals surface area contributed by atoms with Crippen molar-refractivity contribution < 1.29 is 9.90 Å². The molecular weight excluding hydrogens is 190 g/mol. The highest BCUT2D eigenvalue weighted by Crippen LogP contribution is 2.11. The number of carboxylic acid groups (broad SMARTS) is 1. The van der Waals surface area contributed by atoms with Crippen LogP contribution in [0.2, 0.25) is 0 Å². The van der Waals surface area contributed by atoms with Crippen molar-refractivity contribution in [2.75, 3.05) is 0 Å². The lowest BCUT2D eigenvalue weighted by Gasteiger charge is -2.07. The molecule has 1 rings (SSSR count). The highest BCUT2D eigenvalue weighted by molar-refractivity contribution is 7.80. The standard InChI is InChI=1S/C7H11N3O2S/c1-10-3-9-6(13)5(10)2-4(8)7(11)12/h3-4,13H,2,8H2,1H3,(H,11,12)/t4-/m0/s1. The van der Waals surface area contributed by atoms with Crippen LogP contribution in [0.1, 0.15) is 5.69 Å². The first-order valence-electron chi connectivity index (χ1n) is 3.70. The summed E-state index contributed by atoms with van der Waals surface area (Å²) in [5, 5.41) is 9.11. The lowest BCUT2D eigenvalue weighted by molar-refractivity contribution is -0.138. The maximum absolute atomic E-state index is 10.5. The van der Waals surface area contributed by atoms with Gasteiger partial charge < -0.3 is 15.4 Å². The van der Waals surface area contributed by atoms with Crippen molar-refractivity contribution in [3.05, 3.63) is 12.0 Å². The lowest BCUT2D eigenvalue weighted by atomic mass is 10.2. The van der Waals surface area contributed by atoms with Gasteiger partial charge in [0.2, 0.25) is 0 Å². The predicted molar refractivity (Wildman–Crippen MR) is 49.8 cm³/mol. The van der Waals surface area contributed by atoms with E-state index in [-0.39, 0.29) is 6.42 Å². The Balaban J connectivity index is 2.79. The van der Waals surface area contributed by atoms with Crippen molar-refractivity contribution in [2.24, 2.45) is 12.8 Å². The van der Waals surface area contributed by atoms with Gasteiger partial charge in [-0.2, -0.15) is 0 Å². The topological polar surface area (TPSA) is 81.1 Å². The molecule has 72 valence electrons. The molecule has 1 atom stereocenters. The van der Waals surface area contributed by atoms with Crippen LogP contribution in [0.3, 0.4) is 0 Å². The van der Waals surface area contributed by atoms with E-state index in [9.17, 15) is 4.79 Å². The summed E-state index contributed by atoms with van der Waals surface area (Å²) < 4.78 is 1.71. The molecule has 0 saturated carbocycles. The Kier molecular flexibility index (Phi) is 2.94. The third-order valence-corrected chi connectivity index (χ3v) is 2.14. The van der Waals surface area contributed by atoms with Crippen LogP contribution in [0.5, 0.6) is 0 Å². The second kappa shape index (κ2) is 3.80. The van der Waals surface area contributed by atoms with E-state index in [0.717, 1.165) is 5.69 Å². The molecule has 1 aromatic rings. The van der Waals surface area contributed by atoms with Gasteiger partial charge in [0.1, 0.15) is 11.1 Å². The van der Waals surface area contributed by atoms with Crippen LogP contribution in [0, 0.1) is 0 Å². The Labute approximate surface area is 81.0 Å². The van der Waals surface area contributed by atoms with Crippen molar-refractivity contribution in [3.63, 3.8) is 0 Å². The summed E-state index contributed by atoms with van der Waals surface area (Å²) in [6.07, 6.45) is 1.82. The molecule has 0 aliphatic heterocycles. The number of hydrogen-bond acceptors (Lipinski definition) is 4. The van der Waals surface area contributed by atoms with E-state index >= 15 is 0 Å². The molecule has 0 spiro atoms. The molecule has 0 bridgehead atoms. The largest absolute Gasteiger partial charge is 0.480 e. The van der Waals surface area contributed by atoms with E-state index in [1.165, 1.54) is 0 Å². The Morgan fingerprint density at radius 1 is 1.92 bits per heavy atom. The monoisotopic (exact) mass is 201 g/mol. The molecule has 0 aromatic carbocycles. The SMILES string of the molecule is Cn1cnc(S)c1C[C@H](N)C(=O)O. The molecule has 1 heterocycles. The van der Waals surface area contributed by atoms with E-state index in [2.05, 4.69) is 17.6 Å². The van der Waals surface area contributed by atoms with Gasteiger partial charge in [0, 0.05) is 13.5 Å². The molecule has 0 radical (unpaired) electrons. The lowest BCUT2D eigenvalue weighted by Crippen LogP contribution is -2.33. The number of carbonyl (C=O) groups is 1. The van der Waals surface area contributed by atoms with Crippen molar-refractivity contribution in [2.45, 2.75) is 17.5 Å². The van der Waals surface area contributed by atoms with Crippen LogP contribution in [0.15, 0.2) is 11.4 Å². The number of aryl methyl sites for hydroxylation is 1. The predicted octanol–water partition coefficient (Wildman–Crippen LogP) is -0.337. The Bertz CT molecular complexity index is 304. The molecule has 0 aliphatic carbocycles. The smallest absolute Gasteiger partial charge is 0.320 e. The third-order valence-electron chi connectivity index (χ3n) is 1.77. The first-order chi connectivity index (χ1) is 6.02. The quantitative estimate of drug-likeness (QED) is 0.585. The van der Waals surface area contributed by atoms with Gasteiger partial charge in [0.25, 0.3) is 0 Å². The van der Waals surface area contributed by atoms with Gasteiger partial charge in [0.15, 0.2) is 0 Å². The summed E-state index contributed by atoms with van der Waals surface area (Å²) in [5.41, 5.74) is 6.11. The number of thiol groups is 1. The number of imidazole rings is 1. The average molecular weight is 201 g/mol. The molecule has 1 aromatic heterocycles. The second-order valence-electron chi connectivity index (χ2n) is 2.77. The summed E-state index contributed by atoms with van der Waals surface area (Å²) in [7, 11) is 1.77. The van der Waals surface area contributed by atoms with Gasteiger partial charge in [-0.15, -0.1) is 12.6 Å². The maximum atomic E-state index is 10.5. The fourth-order valence-electron chi connectivity index (χ4n) is 0.974. The van der Waals surface area contributed by atoms with E-state index in [0.29, 0.717) is 5.03 Å². The number of rotatable bonds is 3. The number of carboxylic acids is 1. The van der Waals surface area contributed by atoms with Gasteiger partial charge >= 0.3 is 5.97 Å². The Hall–Kier alpha value is -1.01. The minimum absolute atomic E-state index is 0.241. The van der Waals surface area contributed by atoms with Crippen LogP contribution in [0.4, 0.5) is 0 Å². The average Bonchev–Trinajstić information content (AvgIpc) is 2.35. The zero-order chi connectivity index (χ0) is 10.0. The minimum atomic E-state index is -1.02. The van der Waals surface area contributed by atoms with Crippen molar-refractivity contribution in [1.82, 2.24) is 9.55 Å². The van der Waals surface area contributed by atoms with Crippen LogP contribution in [0.25, 0.3) is 0 Å². The summed E-state index contributed by atoms with van der Waals surface area (Å²) in [6.45, 7) is 0. The van der Waals surface area contributed by atoms with Crippen molar-refractivity contribution >= 4 is 18.6 Å². The summed E-state index contributed by atoms with van der Waals surface area (Å²) >= 11 is 4.08. The van der Waals surface area contributed by atoms with Crippen LogP contribution in [-0.2, 0) is 18.3 Å². The van der Waals surface area contributed by atoms with Crippen LogP contribution < -0.4 is 5.73 Å². The number of aliphatic carboxylic acids is 1. The van der Waals surface area contributed by atoms with Gasteiger partial charge in [0.05, 0.1) is 12.0 Å². The normalized spacial score (nSPS) is 12.8. The van der Waals surface area contributed by atoms with Gasteiger partial charge in [-0.1, -0.05) is 0 Å². The molecule has 6 heteroatoms. The fourth-order valence-corrected chi connectivity index (χ4v) is 1.27. The molecule has 0 amide bonds. The Morgan fingerprint density at radius 2 is 2.54 bits per heavy atom. The molecule has 5 nitrogen and oxygen atoms in total. The number of nitrogens with zero attached hydrogens (tertiary/aromatic N) is 2. The minimum Gasteiger partial charge on any atom is -0.480 e. The maximum Gasteiger partial charge on any atom is 0.320 e. The number of hydrogen-bond donors (Lipinski definition) is 3. The van der Waals surface area contributed by atoms with E-state index < -0.39 is 12.0 Å². The zero-order valence-electron chi connectivity index (χ0n) is 7.14. The third kappa shape index (κ3) is 2.22. The summed E-state index contributed by atoms with van der Waals surface area (Å²) in [6, 6.07) is -0.902. The van der Waals surface area contributed by atoms with E-state index in [1.54, 1.807) is 17.9 Å². The van der Waals surface area contributed by atoms with Gasteiger partial charge in [-0.05, 0) is 0 Å².